The van der Waals surface area contributed by atoms with Gasteiger partial charge in [-0.05, 0) is 35.0 Å². The molecule has 0 fully saturated rings. The molecule has 0 bridgehead atoms. The molecule has 152 valence electrons. The van der Waals surface area contributed by atoms with Gasteiger partial charge in [0.15, 0.2) is 23.9 Å². The fraction of sp³-hybridized carbons (Fsp3) is 0.278. The Morgan fingerprint density at radius 2 is 2.00 bits per heavy atom. The zero-order valence-electron chi connectivity index (χ0n) is 15.9. The average molecular weight is 402 g/mol. The lowest BCUT2D eigenvalue weighted by Crippen LogP contribution is -2.50. The molecular weight excluding hydrogens is 384 g/mol. The van der Waals surface area contributed by atoms with Gasteiger partial charge in [0, 0.05) is 17.8 Å². The number of hydrogen-bond acceptors (Lipinski definition) is 8. The van der Waals surface area contributed by atoms with Crippen LogP contribution in [0.15, 0.2) is 30.3 Å². The van der Waals surface area contributed by atoms with E-state index < -0.39 is 28.6 Å². The molecule has 1 atom stereocenters. The minimum atomic E-state index is -1.01. The van der Waals surface area contributed by atoms with Crippen LogP contribution in [0.3, 0.4) is 0 Å². The number of pyridine rings is 1. The van der Waals surface area contributed by atoms with Gasteiger partial charge in [0.05, 0.1) is 14.2 Å². The Morgan fingerprint density at radius 3 is 2.66 bits per heavy atom. The Kier molecular flexibility index (Phi) is 5.48. The Morgan fingerprint density at radius 1 is 1.28 bits per heavy atom. The Labute approximate surface area is 165 Å². The first kappa shape index (κ1) is 19.9. The molecule has 2 amide bonds. The second kappa shape index (κ2) is 8.00. The number of hydrogen-bond donors (Lipinski definition) is 1. The molecule has 1 N–H and O–H groups in total. The van der Waals surface area contributed by atoms with Crippen LogP contribution < -0.4 is 24.4 Å². The fourth-order valence-corrected chi connectivity index (χ4v) is 2.82. The number of anilines is 2. The molecule has 0 saturated heterocycles. The number of nitrogens with zero attached hydrogens (tertiary/aromatic N) is 3. The fourth-order valence-electron chi connectivity index (χ4n) is 2.82. The summed E-state index contributed by atoms with van der Waals surface area (Å²) >= 11 is 0. The van der Waals surface area contributed by atoms with Gasteiger partial charge in [-0.3, -0.25) is 14.5 Å². The summed E-state index contributed by atoms with van der Waals surface area (Å²) < 4.78 is 15.6. The molecule has 0 spiro atoms. The molecule has 2 heterocycles. The molecule has 3 rings (SSSR count). The highest BCUT2D eigenvalue weighted by Gasteiger charge is 2.38. The Balaban J connectivity index is 1.87. The van der Waals surface area contributed by atoms with Gasteiger partial charge in [0.25, 0.3) is 11.7 Å². The van der Waals surface area contributed by atoms with E-state index in [4.69, 9.17) is 14.2 Å². The Hall–Kier alpha value is -3.89. The molecule has 1 unspecified atom stereocenters. The van der Waals surface area contributed by atoms with Gasteiger partial charge in [0.2, 0.25) is 5.91 Å². The number of carbonyl (C=O) groups excluding carboxylic acids is 2. The highest BCUT2D eigenvalue weighted by atomic mass is 16.6. The van der Waals surface area contributed by atoms with Crippen molar-refractivity contribution in [3.8, 4) is 17.2 Å². The zero-order valence-corrected chi connectivity index (χ0v) is 15.9. The number of amides is 2. The van der Waals surface area contributed by atoms with Crippen molar-refractivity contribution in [3.63, 3.8) is 0 Å². The van der Waals surface area contributed by atoms with Crippen molar-refractivity contribution in [2.24, 2.45) is 0 Å². The first-order chi connectivity index (χ1) is 13.8. The molecular formula is C18H18N4O7. The van der Waals surface area contributed by atoms with E-state index in [0.717, 1.165) is 4.90 Å². The molecule has 2 aromatic rings. The lowest BCUT2D eigenvalue weighted by molar-refractivity contribution is -0.389. The summed E-state index contributed by atoms with van der Waals surface area (Å²) in [5.74, 6) is -0.506. The first-order valence-electron chi connectivity index (χ1n) is 8.49. The van der Waals surface area contributed by atoms with Gasteiger partial charge in [-0.15, -0.1) is 0 Å². The predicted molar refractivity (Wildman–Crippen MR) is 102 cm³/mol. The summed E-state index contributed by atoms with van der Waals surface area (Å²) in [5, 5.41) is 13.7. The van der Waals surface area contributed by atoms with Crippen LogP contribution in [0.2, 0.25) is 0 Å². The molecule has 1 aliphatic rings. The van der Waals surface area contributed by atoms with Crippen LogP contribution in [0, 0.1) is 10.1 Å². The van der Waals surface area contributed by atoms with Crippen molar-refractivity contribution < 1.29 is 28.7 Å². The number of aromatic nitrogens is 1. The van der Waals surface area contributed by atoms with E-state index in [2.05, 4.69) is 10.3 Å². The van der Waals surface area contributed by atoms with Crippen LogP contribution in [0.1, 0.15) is 6.92 Å². The van der Waals surface area contributed by atoms with Gasteiger partial charge >= 0.3 is 5.82 Å². The summed E-state index contributed by atoms with van der Waals surface area (Å²) in [6.45, 7) is 1.18. The molecule has 0 aliphatic carbocycles. The van der Waals surface area contributed by atoms with E-state index in [1.165, 1.54) is 33.3 Å². The number of methoxy groups -OCH3 is 2. The molecule has 1 aromatic heterocycles. The summed E-state index contributed by atoms with van der Waals surface area (Å²) in [6, 6.07) is 6.32. The number of benzene rings is 1. The van der Waals surface area contributed by atoms with Gasteiger partial charge in [-0.2, -0.15) is 0 Å². The molecule has 11 nitrogen and oxygen atoms in total. The predicted octanol–water partition coefficient (Wildman–Crippen LogP) is 1.76. The molecule has 1 aromatic carbocycles. The number of fused-ring (bicyclic) bond motifs is 1. The summed E-state index contributed by atoms with van der Waals surface area (Å²) in [7, 11) is 2.96. The van der Waals surface area contributed by atoms with Crippen molar-refractivity contribution >= 4 is 29.1 Å². The molecule has 11 heteroatoms. The van der Waals surface area contributed by atoms with E-state index in [0.29, 0.717) is 17.2 Å². The average Bonchev–Trinajstić information content (AvgIpc) is 2.72. The van der Waals surface area contributed by atoms with Crippen LogP contribution >= 0.6 is 0 Å². The van der Waals surface area contributed by atoms with E-state index >= 15 is 0 Å². The third kappa shape index (κ3) is 3.88. The molecule has 1 aliphatic heterocycles. The van der Waals surface area contributed by atoms with Crippen LogP contribution in [0.4, 0.5) is 17.3 Å². The van der Waals surface area contributed by atoms with Crippen molar-refractivity contribution in [2.45, 2.75) is 13.0 Å². The Bertz CT molecular complexity index is 979. The number of carbonyl (C=O) groups is 2. The monoisotopic (exact) mass is 402 g/mol. The second-order valence-electron chi connectivity index (χ2n) is 6.04. The highest BCUT2D eigenvalue weighted by molar-refractivity contribution is 6.06. The number of nitro groups is 1. The maximum atomic E-state index is 12.8. The van der Waals surface area contributed by atoms with E-state index in [-0.39, 0.29) is 18.2 Å². The van der Waals surface area contributed by atoms with E-state index in [1.54, 1.807) is 18.2 Å². The van der Waals surface area contributed by atoms with E-state index in [1.807, 2.05) is 0 Å². The normalized spacial score (nSPS) is 13.8. The third-order valence-corrected chi connectivity index (χ3v) is 4.28. The van der Waals surface area contributed by atoms with Gasteiger partial charge in [0.1, 0.15) is 6.04 Å². The minimum absolute atomic E-state index is 0.0783. The number of nitrogens with one attached hydrogen (secondary N) is 1. The zero-order chi connectivity index (χ0) is 21.1. The van der Waals surface area contributed by atoms with Crippen LogP contribution in [0.5, 0.6) is 17.2 Å². The summed E-state index contributed by atoms with van der Waals surface area (Å²) in [6.07, 6.45) is 0. The van der Waals surface area contributed by atoms with Crippen LogP contribution in [-0.4, -0.2) is 48.6 Å². The third-order valence-electron chi connectivity index (χ3n) is 4.28. The molecule has 0 radical (unpaired) electrons. The largest absolute Gasteiger partial charge is 0.493 e. The number of ether oxygens (including phenoxy) is 3. The maximum absolute atomic E-state index is 12.8. The first-order valence-corrected chi connectivity index (χ1v) is 8.49. The topological polar surface area (TPSA) is 133 Å². The lowest BCUT2D eigenvalue weighted by atomic mass is 10.2. The van der Waals surface area contributed by atoms with Gasteiger partial charge < -0.3 is 29.6 Å². The van der Waals surface area contributed by atoms with Crippen LogP contribution in [0.25, 0.3) is 0 Å². The van der Waals surface area contributed by atoms with Gasteiger partial charge in [-0.25, -0.2) is 0 Å². The number of rotatable bonds is 6. The highest BCUT2D eigenvalue weighted by Crippen LogP contribution is 2.34. The van der Waals surface area contributed by atoms with Gasteiger partial charge in [-0.1, -0.05) is 0 Å². The maximum Gasteiger partial charge on any atom is 0.366 e. The molecule has 29 heavy (non-hydrogen) atoms. The van der Waals surface area contributed by atoms with Crippen molar-refractivity contribution in [1.29, 1.82) is 0 Å². The quantitative estimate of drug-likeness (QED) is 0.571. The van der Waals surface area contributed by atoms with Crippen molar-refractivity contribution in [1.82, 2.24) is 4.98 Å². The summed E-state index contributed by atoms with van der Waals surface area (Å²) in [4.78, 5) is 40.5. The SMILES string of the molecule is COc1ccc(NC(=O)C(C)N2C(=O)COc3ccc([N+](=O)[O-])nc32)cc1OC. The van der Waals surface area contributed by atoms with Crippen molar-refractivity contribution in [3.05, 3.63) is 40.4 Å². The standard InChI is InChI=1S/C18H18N4O7/c1-10(18(24)19-11-4-5-12(27-2)14(8-11)28-3)21-16(23)9-29-13-6-7-15(22(25)26)20-17(13)21/h4-8,10H,9H2,1-3H3,(H,19,24). The summed E-state index contributed by atoms with van der Waals surface area (Å²) in [5.41, 5.74) is 0.424. The van der Waals surface area contributed by atoms with E-state index in [9.17, 15) is 19.7 Å². The van der Waals surface area contributed by atoms with Crippen LogP contribution in [-0.2, 0) is 9.59 Å². The minimum Gasteiger partial charge on any atom is -0.493 e. The molecule has 0 saturated carbocycles. The lowest BCUT2D eigenvalue weighted by Gasteiger charge is -2.29. The van der Waals surface area contributed by atoms with Crippen molar-refractivity contribution in [2.75, 3.05) is 31.0 Å². The second-order valence-corrected chi connectivity index (χ2v) is 6.04. The smallest absolute Gasteiger partial charge is 0.366 e.